The van der Waals surface area contributed by atoms with Crippen molar-refractivity contribution in [2.24, 2.45) is 5.92 Å². The van der Waals surface area contributed by atoms with E-state index in [0.717, 1.165) is 45.3 Å². The molecule has 3 heterocycles. The van der Waals surface area contributed by atoms with Gasteiger partial charge in [0.1, 0.15) is 5.52 Å². The van der Waals surface area contributed by atoms with Crippen LogP contribution in [0, 0.1) is 11.3 Å². The van der Waals surface area contributed by atoms with Crippen LogP contribution < -0.4 is 5.49 Å². The fourth-order valence-electron chi connectivity index (χ4n) is 3.56. The van der Waals surface area contributed by atoms with E-state index in [2.05, 4.69) is 30.9 Å². The Bertz CT molecular complexity index is 1140. The molecule has 4 N–H and O–H groups in total. The largest absolute Gasteiger partial charge is 0.504 e. The molecule has 0 saturated carbocycles. The molecule has 9 nitrogen and oxygen atoms in total. The normalized spacial score (nSPS) is 15.0. The maximum Gasteiger partial charge on any atom is 0.209 e. The highest BCUT2D eigenvalue weighted by molar-refractivity contribution is 9.10. The number of nitrogens with one attached hydrogen (secondary N) is 2. The van der Waals surface area contributed by atoms with E-state index in [4.69, 9.17) is 5.41 Å². The molecule has 0 radical (unpaired) electrons. The lowest BCUT2D eigenvalue weighted by molar-refractivity contribution is -0.119. The first kappa shape index (κ1) is 20.7. The van der Waals surface area contributed by atoms with Gasteiger partial charge in [-0.25, -0.2) is 9.97 Å². The second-order valence-corrected chi connectivity index (χ2v) is 9.16. The number of aromatic amines is 1. The van der Waals surface area contributed by atoms with Gasteiger partial charge in [0, 0.05) is 29.0 Å². The zero-order valence-corrected chi connectivity index (χ0v) is 18.4. The molecule has 2 aromatic heterocycles. The van der Waals surface area contributed by atoms with Gasteiger partial charge in [-0.05, 0) is 53.2 Å². The smallest absolute Gasteiger partial charge is 0.209 e. The first-order valence-corrected chi connectivity index (χ1v) is 11.1. The van der Waals surface area contributed by atoms with Crippen molar-refractivity contribution in [3.63, 3.8) is 0 Å². The number of piperidine rings is 1. The molecule has 1 amide bonds. The van der Waals surface area contributed by atoms with Crippen molar-refractivity contribution in [1.29, 1.82) is 5.41 Å². The maximum absolute atomic E-state index is 10.9. The SMILES string of the molecule is N=c1ncn(CCC2CCN(C=O)CC2)c2nc(Sc3cc(O)c(O)cc3Br)[nH]c12. The summed E-state index contributed by atoms with van der Waals surface area (Å²) >= 11 is 4.66. The first-order valence-electron chi connectivity index (χ1n) is 9.53. The minimum atomic E-state index is -0.213. The van der Waals surface area contributed by atoms with Gasteiger partial charge in [0.15, 0.2) is 27.8 Å². The Hall–Kier alpha value is -2.53. The fourth-order valence-corrected chi connectivity index (χ4v) is 4.95. The number of aryl methyl sites for hydroxylation is 1. The highest BCUT2D eigenvalue weighted by Gasteiger charge is 2.19. The monoisotopic (exact) mass is 492 g/mol. The molecule has 4 rings (SSSR count). The van der Waals surface area contributed by atoms with Gasteiger partial charge in [0.05, 0.1) is 6.33 Å². The number of amides is 1. The molecular weight excluding hydrogens is 472 g/mol. The van der Waals surface area contributed by atoms with Crippen LogP contribution in [0.2, 0.25) is 0 Å². The molecule has 1 aromatic carbocycles. The third-order valence-electron chi connectivity index (χ3n) is 5.31. The summed E-state index contributed by atoms with van der Waals surface area (Å²) in [6.45, 7) is 2.33. The number of likely N-dealkylation sites (tertiary alicyclic amines) is 1. The van der Waals surface area contributed by atoms with E-state index in [1.807, 2.05) is 9.47 Å². The second kappa shape index (κ2) is 8.68. The minimum Gasteiger partial charge on any atom is -0.504 e. The number of aromatic nitrogens is 4. The number of carbonyl (C=O) groups is 1. The second-order valence-electron chi connectivity index (χ2n) is 7.27. The molecule has 1 aliphatic rings. The molecular formula is C19H21BrN6O3S. The minimum absolute atomic E-state index is 0.118. The lowest BCUT2D eigenvalue weighted by atomic mass is 9.94. The number of hydrogen-bond acceptors (Lipinski definition) is 7. The number of phenols is 2. The van der Waals surface area contributed by atoms with Crippen LogP contribution in [0.15, 0.2) is 33.0 Å². The molecule has 158 valence electrons. The van der Waals surface area contributed by atoms with Gasteiger partial charge < -0.3 is 24.7 Å². The van der Waals surface area contributed by atoms with Gasteiger partial charge in [-0.1, -0.05) is 11.8 Å². The Morgan fingerprint density at radius 3 is 2.77 bits per heavy atom. The molecule has 0 aliphatic carbocycles. The van der Waals surface area contributed by atoms with Gasteiger partial charge >= 0.3 is 0 Å². The Morgan fingerprint density at radius 1 is 1.30 bits per heavy atom. The standard InChI is InChI=1S/C19H21BrN6O3S/c20-12-7-13(28)14(29)8-15(12)30-19-23-16-17(21)22-9-26(18(16)24-19)6-3-11-1-4-25(10-27)5-2-11/h7-11,21,28-29H,1-6H2,(H,23,24). The van der Waals surface area contributed by atoms with E-state index in [1.165, 1.54) is 23.9 Å². The van der Waals surface area contributed by atoms with Crippen molar-refractivity contribution in [1.82, 2.24) is 24.4 Å². The van der Waals surface area contributed by atoms with Gasteiger partial charge in [-0.2, -0.15) is 0 Å². The summed E-state index contributed by atoms with van der Waals surface area (Å²) < 4.78 is 2.57. The Morgan fingerprint density at radius 2 is 2.03 bits per heavy atom. The topological polar surface area (TPSA) is 131 Å². The third kappa shape index (κ3) is 4.31. The Kier molecular flexibility index (Phi) is 6.00. The van der Waals surface area contributed by atoms with Gasteiger partial charge in [-0.3, -0.25) is 10.2 Å². The number of benzene rings is 1. The maximum atomic E-state index is 10.9. The van der Waals surface area contributed by atoms with Crippen LogP contribution in [0.5, 0.6) is 11.5 Å². The highest BCUT2D eigenvalue weighted by Crippen LogP contribution is 2.39. The zero-order chi connectivity index (χ0) is 21.3. The quantitative estimate of drug-likeness (QED) is 0.309. The van der Waals surface area contributed by atoms with Crippen LogP contribution >= 0.6 is 27.7 Å². The fraction of sp³-hybridized carbons (Fsp3) is 0.368. The summed E-state index contributed by atoms with van der Waals surface area (Å²) in [5.41, 5.74) is 1.32. The van der Waals surface area contributed by atoms with Crippen LogP contribution in [0.3, 0.4) is 0 Å². The summed E-state index contributed by atoms with van der Waals surface area (Å²) in [6.07, 6.45) is 5.50. The average Bonchev–Trinajstić information content (AvgIpc) is 3.17. The number of aromatic hydroxyl groups is 2. The van der Waals surface area contributed by atoms with Crippen LogP contribution in [0.25, 0.3) is 11.2 Å². The molecule has 0 spiro atoms. The molecule has 1 saturated heterocycles. The molecule has 0 unspecified atom stereocenters. The van der Waals surface area contributed by atoms with E-state index >= 15 is 0 Å². The molecule has 11 heteroatoms. The lowest BCUT2D eigenvalue weighted by Gasteiger charge is -2.29. The lowest BCUT2D eigenvalue weighted by Crippen LogP contribution is -2.32. The third-order valence-corrected chi connectivity index (χ3v) is 7.17. The first-order chi connectivity index (χ1) is 14.4. The molecule has 30 heavy (non-hydrogen) atoms. The van der Waals surface area contributed by atoms with E-state index in [9.17, 15) is 15.0 Å². The Labute approximate surface area is 184 Å². The molecule has 1 aliphatic heterocycles. The summed E-state index contributed by atoms with van der Waals surface area (Å²) in [4.78, 5) is 25.3. The predicted octanol–water partition coefficient (Wildman–Crippen LogP) is 2.82. The summed E-state index contributed by atoms with van der Waals surface area (Å²) in [5.74, 6) is 0.129. The van der Waals surface area contributed by atoms with Crippen molar-refractivity contribution in [2.45, 2.75) is 35.9 Å². The number of rotatable bonds is 6. The van der Waals surface area contributed by atoms with Crippen LogP contribution in [0.1, 0.15) is 19.3 Å². The van der Waals surface area contributed by atoms with Crippen LogP contribution in [-0.2, 0) is 11.3 Å². The average molecular weight is 493 g/mol. The number of fused-ring (bicyclic) bond motifs is 1. The van der Waals surface area contributed by atoms with Crippen molar-refractivity contribution < 1.29 is 15.0 Å². The van der Waals surface area contributed by atoms with Crippen molar-refractivity contribution in [2.75, 3.05) is 13.1 Å². The van der Waals surface area contributed by atoms with Crippen molar-refractivity contribution in [3.05, 3.63) is 28.4 Å². The number of phenolic OH excluding ortho intramolecular Hbond substituents is 2. The van der Waals surface area contributed by atoms with E-state index < -0.39 is 0 Å². The number of imidazole rings is 1. The molecule has 1 fully saturated rings. The van der Waals surface area contributed by atoms with E-state index in [-0.39, 0.29) is 17.0 Å². The van der Waals surface area contributed by atoms with Crippen molar-refractivity contribution in [3.8, 4) is 11.5 Å². The highest BCUT2D eigenvalue weighted by atomic mass is 79.9. The van der Waals surface area contributed by atoms with Crippen molar-refractivity contribution >= 4 is 45.3 Å². The number of H-pyrrole nitrogens is 1. The van der Waals surface area contributed by atoms with E-state index in [1.54, 1.807) is 6.33 Å². The van der Waals surface area contributed by atoms with Crippen LogP contribution in [-0.4, -0.2) is 54.1 Å². The van der Waals surface area contributed by atoms with Crippen LogP contribution in [0.4, 0.5) is 0 Å². The predicted molar refractivity (Wildman–Crippen MR) is 114 cm³/mol. The number of halogens is 1. The number of nitrogens with zero attached hydrogens (tertiary/aromatic N) is 4. The molecule has 0 bridgehead atoms. The number of hydrogen-bond donors (Lipinski definition) is 4. The Balaban J connectivity index is 1.54. The van der Waals surface area contributed by atoms with E-state index in [0.29, 0.717) is 31.6 Å². The summed E-state index contributed by atoms with van der Waals surface area (Å²) in [5, 5.41) is 28.0. The summed E-state index contributed by atoms with van der Waals surface area (Å²) in [7, 11) is 0. The van der Waals surface area contributed by atoms with Gasteiger partial charge in [0.25, 0.3) is 0 Å². The molecule has 3 aromatic rings. The summed E-state index contributed by atoms with van der Waals surface area (Å²) in [6, 6.07) is 2.88. The molecule has 0 atom stereocenters. The van der Waals surface area contributed by atoms with Gasteiger partial charge in [0.2, 0.25) is 6.41 Å². The zero-order valence-electron chi connectivity index (χ0n) is 16.0. The van der Waals surface area contributed by atoms with Gasteiger partial charge in [-0.15, -0.1) is 0 Å². The number of carbonyl (C=O) groups excluding carboxylic acids is 1.